The first-order valence-corrected chi connectivity index (χ1v) is 9.01. The molecule has 2 aromatic rings. The summed E-state index contributed by atoms with van der Waals surface area (Å²) in [6.07, 6.45) is -0.575. The van der Waals surface area contributed by atoms with E-state index in [1.54, 1.807) is 6.92 Å². The summed E-state index contributed by atoms with van der Waals surface area (Å²) in [7, 11) is 0. The van der Waals surface area contributed by atoms with Crippen molar-refractivity contribution in [1.29, 1.82) is 0 Å². The molecule has 0 aliphatic carbocycles. The molecule has 0 radical (unpaired) electrons. The standard InChI is InChI=1S/C21H26N2O3/c1-15-5-4-6-20(16(15)2)26-17(3)21(24)22-18-7-9-19(10-8-18)23-11-13-25-14-12-23/h4-10,17H,11-14H2,1-3H3,(H,22,24)/t17-/m0/s1. The molecule has 0 spiro atoms. The van der Waals surface area contributed by atoms with Gasteiger partial charge < -0.3 is 19.7 Å². The molecule has 1 saturated heterocycles. The summed E-state index contributed by atoms with van der Waals surface area (Å²) >= 11 is 0. The van der Waals surface area contributed by atoms with Crippen LogP contribution in [0.15, 0.2) is 42.5 Å². The van der Waals surface area contributed by atoms with Gasteiger partial charge in [-0.05, 0) is 62.2 Å². The number of hydrogen-bond donors (Lipinski definition) is 1. The molecule has 0 unspecified atom stereocenters. The van der Waals surface area contributed by atoms with E-state index >= 15 is 0 Å². The average molecular weight is 354 g/mol. The van der Waals surface area contributed by atoms with E-state index in [0.29, 0.717) is 0 Å². The molecule has 1 aliphatic heterocycles. The van der Waals surface area contributed by atoms with Gasteiger partial charge in [0.15, 0.2) is 6.10 Å². The van der Waals surface area contributed by atoms with Crippen molar-refractivity contribution >= 4 is 17.3 Å². The predicted molar refractivity (Wildman–Crippen MR) is 104 cm³/mol. The number of aryl methyl sites for hydroxylation is 1. The van der Waals surface area contributed by atoms with Gasteiger partial charge in [0, 0.05) is 24.5 Å². The van der Waals surface area contributed by atoms with Gasteiger partial charge >= 0.3 is 0 Å². The van der Waals surface area contributed by atoms with Crippen LogP contribution >= 0.6 is 0 Å². The monoisotopic (exact) mass is 354 g/mol. The van der Waals surface area contributed by atoms with Gasteiger partial charge in [-0.15, -0.1) is 0 Å². The first kappa shape index (κ1) is 18.3. The van der Waals surface area contributed by atoms with Crippen molar-refractivity contribution in [3.05, 3.63) is 53.6 Å². The highest BCUT2D eigenvalue weighted by molar-refractivity contribution is 5.94. The summed E-state index contributed by atoms with van der Waals surface area (Å²) in [5.41, 5.74) is 4.12. The van der Waals surface area contributed by atoms with Crippen LogP contribution in [0.5, 0.6) is 5.75 Å². The van der Waals surface area contributed by atoms with Crippen LogP contribution in [-0.2, 0) is 9.53 Å². The normalized spacial score (nSPS) is 15.4. The predicted octanol–water partition coefficient (Wildman–Crippen LogP) is 3.55. The Balaban J connectivity index is 1.59. The zero-order chi connectivity index (χ0) is 18.5. The molecule has 3 rings (SSSR count). The number of ether oxygens (including phenoxy) is 2. The zero-order valence-electron chi connectivity index (χ0n) is 15.6. The van der Waals surface area contributed by atoms with Crippen LogP contribution in [0.25, 0.3) is 0 Å². The van der Waals surface area contributed by atoms with Crippen LogP contribution in [0.1, 0.15) is 18.1 Å². The van der Waals surface area contributed by atoms with Gasteiger partial charge in [-0.25, -0.2) is 0 Å². The highest BCUT2D eigenvalue weighted by Crippen LogP contribution is 2.23. The van der Waals surface area contributed by atoms with Gasteiger partial charge in [-0.1, -0.05) is 12.1 Å². The molecule has 5 heteroatoms. The quantitative estimate of drug-likeness (QED) is 0.892. The fraction of sp³-hybridized carbons (Fsp3) is 0.381. The lowest BCUT2D eigenvalue weighted by Gasteiger charge is -2.29. The van der Waals surface area contributed by atoms with Gasteiger partial charge in [0.2, 0.25) is 0 Å². The van der Waals surface area contributed by atoms with Gasteiger partial charge in [0.25, 0.3) is 5.91 Å². The number of rotatable bonds is 5. The second-order valence-electron chi connectivity index (χ2n) is 6.59. The van der Waals surface area contributed by atoms with Crippen LogP contribution in [-0.4, -0.2) is 38.3 Å². The minimum Gasteiger partial charge on any atom is -0.481 e. The third-order valence-corrected chi connectivity index (χ3v) is 4.74. The zero-order valence-corrected chi connectivity index (χ0v) is 15.6. The maximum absolute atomic E-state index is 12.4. The van der Waals surface area contributed by atoms with E-state index in [9.17, 15) is 4.79 Å². The Morgan fingerprint density at radius 3 is 2.50 bits per heavy atom. The molecule has 1 amide bonds. The van der Waals surface area contributed by atoms with Crippen molar-refractivity contribution in [2.24, 2.45) is 0 Å². The number of nitrogens with one attached hydrogen (secondary N) is 1. The Morgan fingerprint density at radius 2 is 1.81 bits per heavy atom. The molecule has 0 aromatic heterocycles. The Bertz CT molecular complexity index is 752. The maximum Gasteiger partial charge on any atom is 0.265 e. The van der Waals surface area contributed by atoms with Crippen molar-refractivity contribution < 1.29 is 14.3 Å². The summed E-state index contributed by atoms with van der Waals surface area (Å²) in [5, 5.41) is 2.92. The van der Waals surface area contributed by atoms with Crippen molar-refractivity contribution in [2.45, 2.75) is 26.9 Å². The molecular weight excluding hydrogens is 328 g/mol. The maximum atomic E-state index is 12.4. The van der Waals surface area contributed by atoms with E-state index in [0.717, 1.165) is 54.6 Å². The Kier molecular flexibility index (Phi) is 5.78. The minimum atomic E-state index is -0.575. The number of nitrogens with zero attached hydrogens (tertiary/aromatic N) is 1. The van der Waals surface area contributed by atoms with E-state index in [1.165, 1.54) is 0 Å². The number of morpholine rings is 1. The van der Waals surface area contributed by atoms with Crippen LogP contribution in [0.3, 0.4) is 0 Å². The number of hydrogen-bond acceptors (Lipinski definition) is 4. The Labute approximate surface area is 154 Å². The molecule has 1 heterocycles. The molecule has 1 aliphatic rings. The molecule has 0 saturated carbocycles. The highest BCUT2D eigenvalue weighted by atomic mass is 16.5. The first-order chi connectivity index (χ1) is 12.5. The largest absolute Gasteiger partial charge is 0.481 e. The lowest BCUT2D eigenvalue weighted by atomic mass is 10.1. The molecule has 5 nitrogen and oxygen atoms in total. The SMILES string of the molecule is Cc1cccc(O[C@@H](C)C(=O)Nc2ccc(N3CCOCC3)cc2)c1C. The van der Waals surface area contributed by atoms with E-state index in [4.69, 9.17) is 9.47 Å². The number of carbonyl (C=O) groups excluding carboxylic acids is 1. The van der Waals surface area contributed by atoms with Crippen LogP contribution in [0.4, 0.5) is 11.4 Å². The Morgan fingerprint density at radius 1 is 1.12 bits per heavy atom. The summed E-state index contributed by atoms with van der Waals surface area (Å²) < 4.78 is 11.2. The summed E-state index contributed by atoms with van der Waals surface area (Å²) in [4.78, 5) is 14.7. The second-order valence-corrected chi connectivity index (χ2v) is 6.59. The summed E-state index contributed by atoms with van der Waals surface area (Å²) in [5.74, 6) is 0.584. The van der Waals surface area contributed by atoms with E-state index in [2.05, 4.69) is 10.2 Å². The van der Waals surface area contributed by atoms with E-state index in [-0.39, 0.29) is 5.91 Å². The Hall–Kier alpha value is -2.53. The summed E-state index contributed by atoms with van der Waals surface area (Å²) in [6, 6.07) is 13.8. The number of amides is 1. The number of benzene rings is 2. The van der Waals surface area contributed by atoms with Gasteiger partial charge in [0.05, 0.1) is 13.2 Å². The molecular formula is C21H26N2O3. The molecule has 1 fully saturated rings. The topological polar surface area (TPSA) is 50.8 Å². The smallest absolute Gasteiger partial charge is 0.265 e. The van der Waals surface area contributed by atoms with Gasteiger partial charge in [-0.2, -0.15) is 0 Å². The number of carbonyl (C=O) groups is 1. The summed E-state index contributed by atoms with van der Waals surface area (Å²) in [6.45, 7) is 9.10. The third-order valence-electron chi connectivity index (χ3n) is 4.74. The van der Waals surface area contributed by atoms with Crippen LogP contribution < -0.4 is 15.0 Å². The third kappa shape index (κ3) is 4.35. The highest BCUT2D eigenvalue weighted by Gasteiger charge is 2.17. The fourth-order valence-corrected chi connectivity index (χ4v) is 2.92. The first-order valence-electron chi connectivity index (χ1n) is 9.01. The van der Waals surface area contributed by atoms with Crippen molar-refractivity contribution in [3.8, 4) is 5.75 Å². The van der Waals surface area contributed by atoms with Gasteiger partial charge in [0.1, 0.15) is 5.75 Å². The average Bonchev–Trinajstić information content (AvgIpc) is 2.66. The lowest BCUT2D eigenvalue weighted by molar-refractivity contribution is -0.122. The molecule has 26 heavy (non-hydrogen) atoms. The molecule has 0 bridgehead atoms. The molecule has 1 atom stereocenters. The van der Waals surface area contributed by atoms with Gasteiger partial charge in [-0.3, -0.25) is 4.79 Å². The fourth-order valence-electron chi connectivity index (χ4n) is 2.92. The lowest BCUT2D eigenvalue weighted by Crippen LogP contribution is -2.36. The van der Waals surface area contributed by atoms with Crippen LogP contribution in [0.2, 0.25) is 0 Å². The van der Waals surface area contributed by atoms with Crippen molar-refractivity contribution in [1.82, 2.24) is 0 Å². The molecule has 2 aromatic carbocycles. The molecule has 1 N–H and O–H groups in total. The minimum absolute atomic E-state index is 0.162. The number of anilines is 2. The van der Waals surface area contributed by atoms with E-state index in [1.807, 2.05) is 56.3 Å². The van der Waals surface area contributed by atoms with E-state index < -0.39 is 6.10 Å². The molecule has 138 valence electrons. The van der Waals surface area contributed by atoms with Crippen molar-refractivity contribution in [3.63, 3.8) is 0 Å². The second kappa shape index (κ2) is 8.23. The van der Waals surface area contributed by atoms with Crippen molar-refractivity contribution in [2.75, 3.05) is 36.5 Å². The van der Waals surface area contributed by atoms with Crippen LogP contribution in [0, 0.1) is 13.8 Å².